The minimum Gasteiger partial charge on any atom is -0.462 e. The summed E-state index contributed by atoms with van der Waals surface area (Å²) in [5, 5.41) is 10.6. The molecule has 0 aromatic heterocycles. The number of aliphatic hydroxyl groups is 1. The molecule has 588 valence electrons. The fourth-order valence-corrected chi connectivity index (χ4v) is 13.9. The van der Waals surface area contributed by atoms with E-state index in [2.05, 4.69) is 41.5 Å². The van der Waals surface area contributed by atoms with Crippen LogP contribution in [0.4, 0.5) is 0 Å². The van der Waals surface area contributed by atoms with Crippen molar-refractivity contribution < 1.29 is 80.2 Å². The monoisotopic (exact) mass is 1450 g/mol. The highest BCUT2D eigenvalue weighted by Crippen LogP contribution is 2.45. The molecular weight excluding hydrogens is 1290 g/mol. The van der Waals surface area contributed by atoms with E-state index < -0.39 is 97.5 Å². The van der Waals surface area contributed by atoms with Crippen LogP contribution in [-0.2, 0) is 65.4 Å². The Labute approximate surface area is 607 Å². The van der Waals surface area contributed by atoms with E-state index in [4.69, 9.17) is 37.0 Å². The van der Waals surface area contributed by atoms with Gasteiger partial charge in [-0.2, -0.15) is 0 Å². The van der Waals surface area contributed by atoms with E-state index in [0.29, 0.717) is 25.7 Å². The van der Waals surface area contributed by atoms with Crippen molar-refractivity contribution in [2.45, 2.75) is 439 Å². The number of hydrogen-bond donors (Lipinski definition) is 3. The molecular formula is C80H156O17P2. The van der Waals surface area contributed by atoms with Crippen molar-refractivity contribution >= 4 is 39.5 Å². The van der Waals surface area contributed by atoms with Gasteiger partial charge in [-0.05, 0) is 37.5 Å². The maximum Gasteiger partial charge on any atom is 0.472 e. The molecule has 0 heterocycles. The molecule has 0 saturated heterocycles. The van der Waals surface area contributed by atoms with Gasteiger partial charge in [-0.3, -0.25) is 37.3 Å². The lowest BCUT2D eigenvalue weighted by Gasteiger charge is -2.21. The van der Waals surface area contributed by atoms with E-state index in [9.17, 15) is 43.2 Å². The van der Waals surface area contributed by atoms with Gasteiger partial charge >= 0.3 is 39.5 Å². The third-order valence-corrected chi connectivity index (χ3v) is 21.0. The minimum atomic E-state index is -4.96. The van der Waals surface area contributed by atoms with Gasteiger partial charge in [0.25, 0.3) is 0 Å². The first kappa shape index (κ1) is 97.1. The average molecular weight is 1450 g/mol. The van der Waals surface area contributed by atoms with Crippen molar-refractivity contribution in [3.63, 3.8) is 0 Å². The van der Waals surface area contributed by atoms with Crippen molar-refractivity contribution in [3.8, 4) is 0 Å². The van der Waals surface area contributed by atoms with Crippen LogP contribution in [0.5, 0.6) is 0 Å². The van der Waals surface area contributed by atoms with Gasteiger partial charge in [0, 0.05) is 25.7 Å². The van der Waals surface area contributed by atoms with Gasteiger partial charge in [0.2, 0.25) is 0 Å². The highest BCUT2D eigenvalue weighted by Gasteiger charge is 2.30. The highest BCUT2D eigenvalue weighted by molar-refractivity contribution is 7.47. The van der Waals surface area contributed by atoms with E-state index >= 15 is 0 Å². The first-order valence-electron chi connectivity index (χ1n) is 41.5. The predicted octanol–water partition coefficient (Wildman–Crippen LogP) is 23.9. The Morgan fingerprint density at radius 3 is 0.768 bits per heavy atom. The molecule has 17 nitrogen and oxygen atoms in total. The Hall–Kier alpha value is -1.94. The van der Waals surface area contributed by atoms with E-state index in [1.54, 1.807) is 0 Å². The zero-order chi connectivity index (χ0) is 72.8. The van der Waals surface area contributed by atoms with Crippen LogP contribution in [0.3, 0.4) is 0 Å². The molecule has 3 unspecified atom stereocenters. The largest absolute Gasteiger partial charge is 0.472 e. The Morgan fingerprint density at radius 1 is 0.293 bits per heavy atom. The second-order valence-corrected chi connectivity index (χ2v) is 32.4. The predicted molar refractivity (Wildman–Crippen MR) is 405 cm³/mol. The molecule has 99 heavy (non-hydrogen) atoms. The molecule has 0 saturated carbocycles. The SMILES string of the molecule is CCCCCCCCCCCCCCCCCCCC(=O)OC[C@H](COP(=O)(O)OC[C@@H](O)COP(=O)(O)OC[C@@H](COC(=O)CCCCCCCCCC)OC(=O)CCCCCCCCCCCC(C)C)OC(=O)CCCCCCCCCCCCCCCCCCCCC(C)CC. The number of carbonyl (C=O) groups is 4. The Kier molecular flexibility index (Phi) is 70.3. The number of unbranched alkanes of at least 4 members (excludes halogenated alkanes) is 48. The van der Waals surface area contributed by atoms with Gasteiger partial charge in [-0.15, -0.1) is 0 Å². The molecule has 3 N–H and O–H groups in total. The maximum absolute atomic E-state index is 13.1. The quantitative estimate of drug-likeness (QED) is 0.0222. The number of phosphoric acid groups is 2. The number of aliphatic hydroxyl groups excluding tert-OH is 1. The molecule has 6 atom stereocenters. The molecule has 0 aliphatic rings. The van der Waals surface area contributed by atoms with E-state index in [0.717, 1.165) is 108 Å². The second-order valence-electron chi connectivity index (χ2n) is 29.5. The van der Waals surface area contributed by atoms with Crippen LogP contribution in [0.25, 0.3) is 0 Å². The number of carbonyl (C=O) groups excluding carboxylic acids is 4. The van der Waals surface area contributed by atoms with Crippen LogP contribution in [0.1, 0.15) is 420 Å². The number of hydrogen-bond acceptors (Lipinski definition) is 15. The summed E-state index contributed by atoms with van der Waals surface area (Å²) in [5.74, 6) is -0.506. The zero-order valence-corrected chi connectivity index (χ0v) is 66.6. The van der Waals surface area contributed by atoms with Gasteiger partial charge < -0.3 is 33.8 Å². The Balaban J connectivity index is 5.18. The van der Waals surface area contributed by atoms with Crippen LogP contribution in [0.2, 0.25) is 0 Å². The molecule has 0 amide bonds. The van der Waals surface area contributed by atoms with Crippen molar-refractivity contribution in [1.29, 1.82) is 0 Å². The molecule has 0 aromatic rings. The molecule has 0 rings (SSSR count). The summed E-state index contributed by atoms with van der Waals surface area (Å²) >= 11 is 0. The fourth-order valence-electron chi connectivity index (χ4n) is 12.3. The van der Waals surface area contributed by atoms with Crippen molar-refractivity contribution in [2.24, 2.45) is 11.8 Å². The van der Waals surface area contributed by atoms with Crippen molar-refractivity contribution in [3.05, 3.63) is 0 Å². The van der Waals surface area contributed by atoms with Gasteiger partial charge in [-0.25, -0.2) is 9.13 Å². The molecule has 0 fully saturated rings. The van der Waals surface area contributed by atoms with Crippen LogP contribution >= 0.6 is 15.6 Å². The maximum atomic E-state index is 13.1. The van der Waals surface area contributed by atoms with E-state index in [-0.39, 0.29) is 25.7 Å². The highest BCUT2D eigenvalue weighted by atomic mass is 31.2. The molecule has 0 spiro atoms. The van der Waals surface area contributed by atoms with Gasteiger partial charge in [0.05, 0.1) is 26.4 Å². The molecule has 0 bridgehead atoms. The fraction of sp³-hybridized carbons (Fsp3) is 0.950. The van der Waals surface area contributed by atoms with Crippen LogP contribution in [0.15, 0.2) is 0 Å². The number of phosphoric ester groups is 2. The number of ether oxygens (including phenoxy) is 4. The topological polar surface area (TPSA) is 237 Å². The Bertz CT molecular complexity index is 1910. The standard InChI is InChI=1S/C80H156O17P2/c1-7-10-12-14-16-18-19-20-21-24-28-31-34-39-45-51-57-63-78(83)91-69-76(96-79(84)64-58-52-46-40-35-32-29-26-23-22-25-27-30-33-38-43-49-55-61-73(6)9-3)71-95-99(88,89)93-67-74(81)66-92-98(86,87)94-70-75(68-90-77(82)62-56-50-44-17-15-13-11-8-2)97-80(85)65-59-53-47-41-36-37-42-48-54-60-72(4)5/h72-76,81H,7-71H2,1-6H3,(H,86,87)(H,88,89)/t73?,74-,75+,76+/m0/s1. The van der Waals surface area contributed by atoms with Gasteiger partial charge in [0.1, 0.15) is 19.3 Å². The average Bonchev–Trinajstić information content (AvgIpc) is 1.79. The number of rotatable bonds is 79. The molecule has 19 heteroatoms. The molecule has 0 aliphatic heterocycles. The van der Waals surface area contributed by atoms with Crippen LogP contribution in [-0.4, -0.2) is 96.7 Å². The number of esters is 4. The lowest BCUT2D eigenvalue weighted by Crippen LogP contribution is -2.30. The lowest BCUT2D eigenvalue weighted by molar-refractivity contribution is -0.161. The molecule has 0 aliphatic carbocycles. The zero-order valence-electron chi connectivity index (χ0n) is 64.8. The summed E-state index contributed by atoms with van der Waals surface area (Å²) < 4.78 is 68.6. The second kappa shape index (κ2) is 71.7. The van der Waals surface area contributed by atoms with E-state index in [1.165, 1.54) is 231 Å². The third kappa shape index (κ3) is 72.8. The van der Waals surface area contributed by atoms with E-state index in [1.807, 2.05) is 0 Å². The Morgan fingerprint density at radius 2 is 0.515 bits per heavy atom. The van der Waals surface area contributed by atoms with Crippen molar-refractivity contribution in [2.75, 3.05) is 39.6 Å². The first-order valence-corrected chi connectivity index (χ1v) is 44.5. The first-order chi connectivity index (χ1) is 47.9. The third-order valence-electron chi connectivity index (χ3n) is 19.1. The van der Waals surface area contributed by atoms with Crippen LogP contribution in [0, 0.1) is 11.8 Å². The van der Waals surface area contributed by atoms with Crippen LogP contribution < -0.4 is 0 Å². The summed E-state index contributed by atoms with van der Waals surface area (Å²) in [5.41, 5.74) is 0. The minimum absolute atomic E-state index is 0.105. The summed E-state index contributed by atoms with van der Waals surface area (Å²) in [6.45, 7) is 9.64. The normalized spacial score (nSPS) is 14.2. The summed E-state index contributed by atoms with van der Waals surface area (Å²) in [4.78, 5) is 72.8. The molecule has 0 radical (unpaired) electrons. The van der Waals surface area contributed by atoms with Crippen molar-refractivity contribution in [1.82, 2.24) is 0 Å². The smallest absolute Gasteiger partial charge is 0.462 e. The summed E-state index contributed by atoms with van der Waals surface area (Å²) in [6.07, 6.45) is 61.2. The summed E-state index contributed by atoms with van der Waals surface area (Å²) in [7, 11) is -9.91. The van der Waals surface area contributed by atoms with Gasteiger partial charge in [-0.1, -0.05) is 369 Å². The lowest BCUT2D eigenvalue weighted by atomic mass is 9.99. The molecule has 0 aromatic carbocycles. The van der Waals surface area contributed by atoms with Gasteiger partial charge in [0.15, 0.2) is 12.2 Å². The summed E-state index contributed by atoms with van der Waals surface area (Å²) in [6, 6.07) is 0.